The fraction of sp³-hybridized carbons (Fsp3) is 0.538. The summed E-state index contributed by atoms with van der Waals surface area (Å²) in [7, 11) is 0. The molecule has 1 aromatic rings. The van der Waals surface area contributed by atoms with Crippen LogP contribution in [-0.4, -0.2) is 24.7 Å². The van der Waals surface area contributed by atoms with Crippen LogP contribution in [0.25, 0.3) is 0 Å². The molecule has 1 aromatic carbocycles. The van der Waals surface area contributed by atoms with Gasteiger partial charge < -0.3 is 4.74 Å². The molecular weight excluding hydrogens is 328 g/mol. The number of hydrogen-bond acceptors (Lipinski definition) is 1. The largest absolute Gasteiger partial charge is 0.411 e. The Morgan fingerprint density at radius 3 is 2.32 bits per heavy atom. The first kappa shape index (κ1) is 16.4. The lowest BCUT2D eigenvalue weighted by atomic mass is 9.96. The van der Waals surface area contributed by atoms with E-state index in [1.165, 1.54) is 12.1 Å². The molecule has 0 N–H and O–H groups in total. The lowest BCUT2D eigenvalue weighted by Crippen LogP contribution is -2.17. The van der Waals surface area contributed by atoms with E-state index in [1.807, 2.05) is 0 Å². The highest BCUT2D eigenvalue weighted by molar-refractivity contribution is 9.09. The van der Waals surface area contributed by atoms with Crippen LogP contribution in [0.2, 0.25) is 0 Å². The van der Waals surface area contributed by atoms with Crippen molar-refractivity contribution in [1.82, 2.24) is 0 Å². The van der Waals surface area contributed by atoms with Crippen LogP contribution in [0.15, 0.2) is 24.3 Å². The number of benzene rings is 1. The Kier molecular flexibility index (Phi) is 6.79. The molecule has 0 aromatic heterocycles. The summed E-state index contributed by atoms with van der Waals surface area (Å²) in [6, 6.07) is 6.14. The first-order chi connectivity index (χ1) is 8.92. The van der Waals surface area contributed by atoms with Gasteiger partial charge in [0.05, 0.1) is 0 Å². The van der Waals surface area contributed by atoms with Crippen molar-refractivity contribution in [3.63, 3.8) is 0 Å². The molecule has 1 nitrogen and oxygen atoms in total. The quantitative estimate of drug-likeness (QED) is 0.397. The molecule has 0 fully saturated rings. The first-order valence-corrected chi connectivity index (χ1v) is 7.00. The molecule has 1 rings (SSSR count). The molecule has 19 heavy (non-hydrogen) atoms. The zero-order chi connectivity index (χ0) is 14.3. The highest BCUT2D eigenvalue weighted by atomic mass is 79.9. The molecule has 108 valence electrons. The Morgan fingerprint density at radius 2 is 1.79 bits per heavy atom. The molecule has 0 amide bonds. The fourth-order valence-corrected chi connectivity index (χ4v) is 2.39. The maximum Gasteiger partial charge on any atom is 0.411 e. The van der Waals surface area contributed by atoms with Gasteiger partial charge in [0.1, 0.15) is 12.4 Å². The van der Waals surface area contributed by atoms with Crippen molar-refractivity contribution in [3.05, 3.63) is 35.6 Å². The molecule has 1 atom stereocenters. The van der Waals surface area contributed by atoms with Gasteiger partial charge in [0.25, 0.3) is 0 Å². The van der Waals surface area contributed by atoms with Gasteiger partial charge in [-0.3, -0.25) is 0 Å². The summed E-state index contributed by atoms with van der Waals surface area (Å²) in [5, 5.41) is 0.678. The Bertz CT molecular complexity index is 364. The lowest BCUT2D eigenvalue weighted by molar-refractivity contribution is -0.174. The van der Waals surface area contributed by atoms with Crippen molar-refractivity contribution < 1.29 is 22.3 Å². The lowest BCUT2D eigenvalue weighted by Gasteiger charge is -2.14. The first-order valence-electron chi connectivity index (χ1n) is 5.88. The third kappa shape index (κ3) is 6.92. The predicted octanol–water partition coefficient (Wildman–Crippen LogP) is 4.66. The van der Waals surface area contributed by atoms with Crippen molar-refractivity contribution in [2.75, 3.05) is 18.5 Å². The van der Waals surface area contributed by atoms with Crippen LogP contribution in [0.1, 0.15) is 24.3 Å². The van der Waals surface area contributed by atoms with Gasteiger partial charge in [0.15, 0.2) is 0 Å². The van der Waals surface area contributed by atoms with Crippen LogP contribution < -0.4 is 0 Å². The molecule has 0 bridgehead atoms. The van der Waals surface area contributed by atoms with E-state index in [-0.39, 0.29) is 18.3 Å². The van der Waals surface area contributed by atoms with Gasteiger partial charge in [-0.25, -0.2) is 4.39 Å². The third-order valence-corrected chi connectivity index (χ3v) is 3.42. The van der Waals surface area contributed by atoms with Gasteiger partial charge >= 0.3 is 6.18 Å². The zero-order valence-electron chi connectivity index (χ0n) is 10.2. The van der Waals surface area contributed by atoms with E-state index in [4.69, 9.17) is 0 Å². The maximum atomic E-state index is 12.8. The molecule has 1 unspecified atom stereocenters. The van der Waals surface area contributed by atoms with Crippen molar-refractivity contribution in [2.45, 2.75) is 24.9 Å². The van der Waals surface area contributed by atoms with Crippen molar-refractivity contribution in [3.8, 4) is 0 Å². The number of halogens is 5. The predicted molar refractivity (Wildman–Crippen MR) is 69.0 cm³/mol. The molecular formula is C13H15BrF4O. The summed E-state index contributed by atoms with van der Waals surface area (Å²) in [5.41, 5.74) is 0.967. The van der Waals surface area contributed by atoms with Gasteiger partial charge in [0, 0.05) is 11.9 Å². The average molecular weight is 343 g/mol. The van der Waals surface area contributed by atoms with Gasteiger partial charge in [0.2, 0.25) is 0 Å². The van der Waals surface area contributed by atoms with Crippen LogP contribution in [0.3, 0.4) is 0 Å². The van der Waals surface area contributed by atoms with Crippen LogP contribution >= 0.6 is 15.9 Å². The summed E-state index contributed by atoms with van der Waals surface area (Å²) < 4.78 is 52.9. The van der Waals surface area contributed by atoms with E-state index in [9.17, 15) is 17.6 Å². The van der Waals surface area contributed by atoms with Crippen LogP contribution in [0.5, 0.6) is 0 Å². The minimum atomic E-state index is -4.27. The van der Waals surface area contributed by atoms with Gasteiger partial charge in [-0.05, 0) is 36.5 Å². The molecule has 0 aliphatic heterocycles. The fourth-order valence-electron chi connectivity index (χ4n) is 1.69. The minimum Gasteiger partial charge on any atom is -0.372 e. The molecule has 0 saturated heterocycles. The zero-order valence-corrected chi connectivity index (χ0v) is 11.8. The summed E-state index contributed by atoms with van der Waals surface area (Å²) in [4.78, 5) is 0. The highest BCUT2D eigenvalue weighted by Crippen LogP contribution is 2.24. The van der Waals surface area contributed by atoms with E-state index in [0.29, 0.717) is 18.2 Å². The standard InChI is InChI=1S/C13H15BrF4O/c14-8-11(10-3-5-12(15)6-4-10)2-1-7-19-9-13(16,17)18/h3-6,11H,1-2,7-9H2. The number of hydrogen-bond donors (Lipinski definition) is 0. The van der Waals surface area contributed by atoms with E-state index < -0.39 is 12.8 Å². The molecule has 6 heteroatoms. The normalized spacial score (nSPS) is 13.5. The van der Waals surface area contributed by atoms with Gasteiger partial charge in [-0.15, -0.1) is 0 Å². The second kappa shape index (κ2) is 7.85. The molecule has 0 heterocycles. The number of ether oxygens (including phenoxy) is 1. The number of alkyl halides is 4. The van der Waals surface area contributed by atoms with Crippen LogP contribution in [0.4, 0.5) is 17.6 Å². The minimum absolute atomic E-state index is 0.0736. The molecule has 0 spiro atoms. The van der Waals surface area contributed by atoms with Gasteiger partial charge in [-0.2, -0.15) is 13.2 Å². The highest BCUT2D eigenvalue weighted by Gasteiger charge is 2.27. The van der Waals surface area contributed by atoms with Crippen molar-refractivity contribution in [1.29, 1.82) is 0 Å². The topological polar surface area (TPSA) is 9.23 Å². The third-order valence-electron chi connectivity index (χ3n) is 2.63. The Morgan fingerprint density at radius 1 is 1.16 bits per heavy atom. The van der Waals surface area contributed by atoms with Crippen molar-refractivity contribution in [2.24, 2.45) is 0 Å². The average Bonchev–Trinajstić information content (AvgIpc) is 2.34. The van der Waals surface area contributed by atoms with Crippen molar-refractivity contribution >= 4 is 15.9 Å². The van der Waals surface area contributed by atoms with Crippen LogP contribution in [-0.2, 0) is 4.74 Å². The second-order valence-electron chi connectivity index (χ2n) is 4.21. The molecule has 0 aliphatic carbocycles. The van der Waals surface area contributed by atoms with Gasteiger partial charge in [-0.1, -0.05) is 28.1 Å². The Hall–Kier alpha value is -0.620. The monoisotopic (exact) mass is 342 g/mol. The van der Waals surface area contributed by atoms with E-state index in [1.54, 1.807) is 12.1 Å². The number of rotatable bonds is 7. The SMILES string of the molecule is Fc1ccc(C(CBr)CCCOCC(F)(F)F)cc1. The molecule has 0 saturated carbocycles. The van der Waals surface area contributed by atoms with Crippen LogP contribution in [0, 0.1) is 5.82 Å². The molecule has 0 radical (unpaired) electrons. The molecule has 0 aliphatic rings. The van der Waals surface area contributed by atoms with E-state index in [2.05, 4.69) is 20.7 Å². The summed E-state index contributed by atoms with van der Waals surface area (Å²) in [6.07, 6.45) is -3.05. The summed E-state index contributed by atoms with van der Waals surface area (Å²) >= 11 is 3.36. The second-order valence-corrected chi connectivity index (χ2v) is 4.86. The Labute approximate surface area is 118 Å². The smallest absolute Gasteiger partial charge is 0.372 e. The summed E-state index contributed by atoms with van der Waals surface area (Å²) in [6.45, 7) is -1.13. The van der Waals surface area contributed by atoms with E-state index >= 15 is 0 Å². The maximum absolute atomic E-state index is 12.8. The van der Waals surface area contributed by atoms with E-state index in [0.717, 1.165) is 5.56 Å². The summed E-state index contributed by atoms with van der Waals surface area (Å²) in [5.74, 6) is -0.152. The Balaban J connectivity index is 2.31.